The van der Waals surface area contributed by atoms with Crippen LogP contribution < -0.4 is 5.32 Å². The van der Waals surface area contributed by atoms with Crippen molar-refractivity contribution in [3.8, 4) is 16.9 Å². The number of nitrogens with zero attached hydrogens (tertiary/aromatic N) is 1. The van der Waals surface area contributed by atoms with E-state index in [1.165, 1.54) is 12.1 Å². The van der Waals surface area contributed by atoms with E-state index < -0.39 is 28.3 Å². The molecule has 9 heteroatoms. The maximum atomic E-state index is 12.6. The summed E-state index contributed by atoms with van der Waals surface area (Å²) >= 11 is 0. The lowest BCUT2D eigenvalue weighted by Crippen LogP contribution is -2.13. The smallest absolute Gasteiger partial charge is 0.416 e. The molecule has 3 rings (SSSR count). The number of nitro benzene ring substituents is 1. The first kappa shape index (κ1) is 19.9. The number of nitro groups is 1. The highest BCUT2D eigenvalue weighted by Gasteiger charge is 2.31. The largest absolute Gasteiger partial charge is 0.507 e. The second-order valence-corrected chi connectivity index (χ2v) is 6.07. The number of carbonyl (C=O) groups is 1. The van der Waals surface area contributed by atoms with Crippen LogP contribution in [0.3, 0.4) is 0 Å². The van der Waals surface area contributed by atoms with Crippen molar-refractivity contribution < 1.29 is 28.0 Å². The number of amides is 1. The van der Waals surface area contributed by atoms with Gasteiger partial charge >= 0.3 is 6.18 Å². The predicted octanol–water partition coefficient (Wildman–Crippen LogP) is 5.24. The Bertz CT molecular complexity index is 1060. The van der Waals surface area contributed by atoms with Crippen LogP contribution in [-0.2, 0) is 6.18 Å². The zero-order chi connectivity index (χ0) is 21.2. The Morgan fingerprint density at radius 3 is 1.97 bits per heavy atom. The Balaban J connectivity index is 1.74. The molecule has 0 atom stereocenters. The molecule has 0 fully saturated rings. The fraction of sp³-hybridized carbons (Fsp3) is 0.0500. The highest BCUT2D eigenvalue weighted by Crippen LogP contribution is 2.33. The molecule has 3 aromatic rings. The zero-order valence-electron chi connectivity index (χ0n) is 14.6. The molecular formula is C20H13F3N2O4. The summed E-state index contributed by atoms with van der Waals surface area (Å²) in [4.78, 5) is 22.4. The topological polar surface area (TPSA) is 92.5 Å². The van der Waals surface area contributed by atoms with Crippen molar-refractivity contribution in [3.05, 3.63) is 88.0 Å². The molecule has 0 bridgehead atoms. The lowest BCUT2D eigenvalue weighted by atomic mass is 10.0. The van der Waals surface area contributed by atoms with E-state index in [9.17, 15) is 33.2 Å². The Morgan fingerprint density at radius 1 is 0.931 bits per heavy atom. The van der Waals surface area contributed by atoms with Crippen LogP contribution in [0.1, 0.15) is 15.9 Å². The Morgan fingerprint density at radius 2 is 1.48 bits per heavy atom. The Kier molecular flexibility index (Phi) is 5.22. The van der Waals surface area contributed by atoms with E-state index in [0.29, 0.717) is 17.8 Å². The number of halogens is 3. The number of phenolic OH excluding ortho intramolecular Hbond substituents is 1. The van der Waals surface area contributed by atoms with Gasteiger partial charge < -0.3 is 10.4 Å². The van der Waals surface area contributed by atoms with Gasteiger partial charge in [0.1, 0.15) is 5.75 Å². The second-order valence-electron chi connectivity index (χ2n) is 6.07. The third-order valence-electron chi connectivity index (χ3n) is 4.12. The van der Waals surface area contributed by atoms with Crippen molar-refractivity contribution in [1.29, 1.82) is 0 Å². The first-order chi connectivity index (χ1) is 13.6. The number of anilines is 1. The number of carbonyl (C=O) groups excluding carboxylic acids is 1. The quantitative estimate of drug-likeness (QED) is 0.461. The number of phenols is 1. The van der Waals surface area contributed by atoms with Crippen molar-refractivity contribution in [2.24, 2.45) is 0 Å². The number of nitrogens with one attached hydrogen (secondary N) is 1. The van der Waals surface area contributed by atoms with Crippen molar-refractivity contribution in [2.75, 3.05) is 5.32 Å². The van der Waals surface area contributed by atoms with E-state index in [1.54, 1.807) is 36.4 Å². The maximum absolute atomic E-state index is 12.6. The molecule has 3 aromatic carbocycles. The molecular weight excluding hydrogens is 389 g/mol. The normalized spacial score (nSPS) is 11.1. The van der Waals surface area contributed by atoms with Gasteiger partial charge in [-0.15, -0.1) is 0 Å². The van der Waals surface area contributed by atoms with Crippen LogP contribution in [0.25, 0.3) is 11.1 Å². The molecule has 6 nitrogen and oxygen atoms in total. The van der Waals surface area contributed by atoms with E-state index in [-0.39, 0.29) is 11.3 Å². The summed E-state index contributed by atoms with van der Waals surface area (Å²) in [6.45, 7) is 0. The summed E-state index contributed by atoms with van der Waals surface area (Å²) in [7, 11) is 0. The minimum absolute atomic E-state index is 0.0333. The molecule has 0 unspecified atom stereocenters. The number of aromatic hydroxyl groups is 1. The summed E-state index contributed by atoms with van der Waals surface area (Å²) in [6.07, 6.45) is -4.62. The van der Waals surface area contributed by atoms with Gasteiger partial charge in [-0.3, -0.25) is 14.9 Å². The van der Waals surface area contributed by atoms with Gasteiger partial charge in [-0.25, -0.2) is 0 Å². The average Bonchev–Trinajstić information content (AvgIpc) is 2.67. The van der Waals surface area contributed by atoms with E-state index in [0.717, 1.165) is 17.2 Å². The van der Waals surface area contributed by atoms with Crippen LogP contribution in [0.2, 0.25) is 0 Å². The molecule has 0 spiro atoms. The van der Waals surface area contributed by atoms with Crippen molar-refractivity contribution >= 4 is 17.3 Å². The molecule has 2 N–H and O–H groups in total. The van der Waals surface area contributed by atoms with Gasteiger partial charge in [-0.05, 0) is 53.6 Å². The standard InChI is InChI=1S/C20H13F3N2O4/c21-20(22,23)14-5-10-17(18(26)11-14)19(27)24-15-6-1-12(2-7-15)13-3-8-16(9-4-13)25(28)29/h1-11,26H,(H,24,27). The monoisotopic (exact) mass is 402 g/mol. The van der Waals surface area contributed by atoms with E-state index in [4.69, 9.17) is 0 Å². The minimum atomic E-state index is -4.62. The number of non-ortho nitro benzene ring substituents is 1. The van der Waals surface area contributed by atoms with Crippen molar-refractivity contribution in [1.82, 2.24) is 0 Å². The van der Waals surface area contributed by atoms with Crippen LogP contribution in [0.15, 0.2) is 66.7 Å². The predicted molar refractivity (Wildman–Crippen MR) is 99.6 cm³/mol. The highest BCUT2D eigenvalue weighted by molar-refractivity contribution is 6.06. The second kappa shape index (κ2) is 7.63. The molecule has 0 heterocycles. The summed E-state index contributed by atoms with van der Waals surface area (Å²) in [5.74, 6) is -1.54. The van der Waals surface area contributed by atoms with Crippen LogP contribution >= 0.6 is 0 Å². The molecule has 0 radical (unpaired) electrons. The third kappa shape index (κ3) is 4.52. The summed E-state index contributed by atoms with van der Waals surface area (Å²) in [5.41, 5.74) is 0.453. The molecule has 0 saturated carbocycles. The Hall–Kier alpha value is -3.88. The van der Waals surface area contributed by atoms with E-state index in [1.807, 2.05) is 0 Å². The number of benzene rings is 3. The molecule has 1 amide bonds. The van der Waals surface area contributed by atoms with Crippen LogP contribution in [0.5, 0.6) is 5.75 Å². The molecule has 0 aliphatic heterocycles. The molecule has 29 heavy (non-hydrogen) atoms. The van der Waals surface area contributed by atoms with Crippen LogP contribution in [0.4, 0.5) is 24.5 Å². The van der Waals surface area contributed by atoms with Gasteiger partial charge in [0.25, 0.3) is 11.6 Å². The molecule has 148 valence electrons. The highest BCUT2D eigenvalue weighted by atomic mass is 19.4. The summed E-state index contributed by atoms with van der Waals surface area (Å²) in [5, 5.41) is 22.9. The maximum Gasteiger partial charge on any atom is 0.416 e. The van der Waals surface area contributed by atoms with Crippen LogP contribution in [-0.4, -0.2) is 15.9 Å². The number of rotatable bonds is 4. The Labute approximate surface area is 162 Å². The summed E-state index contributed by atoms with van der Waals surface area (Å²) in [6, 6.07) is 14.5. The van der Waals surface area contributed by atoms with Crippen LogP contribution in [0, 0.1) is 10.1 Å². The van der Waals surface area contributed by atoms with Crippen molar-refractivity contribution in [2.45, 2.75) is 6.18 Å². The summed E-state index contributed by atoms with van der Waals surface area (Å²) < 4.78 is 37.9. The number of hydrogen-bond donors (Lipinski definition) is 2. The zero-order valence-corrected chi connectivity index (χ0v) is 14.6. The third-order valence-corrected chi connectivity index (χ3v) is 4.12. The van der Waals surface area contributed by atoms with Gasteiger partial charge in [0.2, 0.25) is 0 Å². The number of hydrogen-bond acceptors (Lipinski definition) is 4. The SMILES string of the molecule is O=C(Nc1ccc(-c2ccc([N+](=O)[O-])cc2)cc1)c1ccc(C(F)(F)F)cc1O. The molecule has 0 saturated heterocycles. The minimum Gasteiger partial charge on any atom is -0.507 e. The fourth-order valence-electron chi connectivity index (χ4n) is 2.62. The van der Waals surface area contributed by atoms with Gasteiger partial charge in [-0.2, -0.15) is 13.2 Å². The van der Waals surface area contributed by atoms with Crippen molar-refractivity contribution in [3.63, 3.8) is 0 Å². The van der Waals surface area contributed by atoms with E-state index in [2.05, 4.69) is 5.32 Å². The molecule has 0 aliphatic carbocycles. The lowest BCUT2D eigenvalue weighted by Gasteiger charge is -2.11. The van der Waals surface area contributed by atoms with Gasteiger partial charge in [0.15, 0.2) is 0 Å². The molecule has 0 aromatic heterocycles. The average molecular weight is 402 g/mol. The molecule has 0 aliphatic rings. The van der Waals surface area contributed by atoms with Gasteiger partial charge in [0.05, 0.1) is 16.1 Å². The van der Waals surface area contributed by atoms with Gasteiger partial charge in [-0.1, -0.05) is 12.1 Å². The first-order valence-electron chi connectivity index (χ1n) is 8.21. The number of alkyl halides is 3. The van der Waals surface area contributed by atoms with Gasteiger partial charge in [0, 0.05) is 17.8 Å². The lowest BCUT2D eigenvalue weighted by molar-refractivity contribution is -0.384. The van der Waals surface area contributed by atoms with E-state index >= 15 is 0 Å². The fourth-order valence-corrected chi connectivity index (χ4v) is 2.62. The first-order valence-corrected chi connectivity index (χ1v) is 8.21.